The summed E-state index contributed by atoms with van der Waals surface area (Å²) in [6.45, 7) is 5.08. The fourth-order valence-electron chi connectivity index (χ4n) is 3.25. The van der Waals surface area contributed by atoms with Crippen LogP contribution < -0.4 is 5.32 Å². The van der Waals surface area contributed by atoms with Crippen LogP contribution in [0.5, 0.6) is 0 Å². The van der Waals surface area contributed by atoms with Crippen molar-refractivity contribution in [3.8, 4) is 0 Å². The van der Waals surface area contributed by atoms with E-state index in [9.17, 15) is 14.4 Å². The Kier molecular flexibility index (Phi) is 6.09. The lowest BCUT2D eigenvalue weighted by Crippen LogP contribution is -2.55. The van der Waals surface area contributed by atoms with Crippen molar-refractivity contribution >= 4 is 23.4 Å². The van der Waals surface area contributed by atoms with Crippen LogP contribution in [-0.2, 0) is 27.3 Å². The van der Waals surface area contributed by atoms with Crippen molar-refractivity contribution in [3.05, 3.63) is 65.2 Å². The molecule has 1 aliphatic rings. The number of carbonyl (C=O) groups is 3. The molecule has 3 rings (SSSR count). The average molecular weight is 379 g/mol. The molecule has 2 aromatic carbocycles. The van der Waals surface area contributed by atoms with Gasteiger partial charge in [0.2, 0.25) is 5.91 Å². The maximum Gasteiger partial charge on any atom is 0.312 e. The molecule has 0 unspecified atom stereocenters. The number of aryl methyl sites for hydroxylation is 2. The number of anilines is 1. The molecule has 146 valence electrons. The highest BCUT2D eigenvalue weighted by molar-refractivity contribution is 6.35. The minimum Gasteiger partial charge on any atom is -0.328 e. The van der Waals surface area contributed by atoms with E-state index in [1.165, 1.54) is 15.4 Å². The monoisotopic (exact) mass is 379 g/mol. The van der Waals surface area contributed by atoms with Crippen molar-refractivity contribution in [3.63, 3.8) is 0 Å². The zero-order chi connectivity index (χ0) is 20.1. The van der Waals surface area contributed by atoms with Gasteiger partial charge in [-0.3, -0.25) is 14.4 Å². The smallest absolute Gasteiger partial charge is 0.312 e. The molecular weight excluding hydrogens is 354 g/mol. The minimum atomic E-state index is -0.629. The molecule has 1 N–H and O–H groups in total. The summed E-state index contributed by atoms with van der Waals surface area (Å²) in [4.78, 5) is 40.0. The molecule has 0 aliphatic carbocycles. The lowest BCUT2D eigenvalue weighted by atomic mass is 10.1. The van der Waals surface area contributed by atoms with Crippen molar-refractivity contribution in [2.24, 2.45) is 0 Å². The molecule has 1 heterocycles. The Morgan fingerprint density at radius 1 is 0.964 bits per heavy atom. The van der Waals surface area contributed by atoms with Crippen LogP contribution in [0.25, 0.3) is 0 Å². The molecule has 2 aromatic rings. The number of hydrogen-bond acceptors (Lipinski definition) is 3. The molecule has 28 heavy (non-hydrogen) atoms. The second-order valence-electron chi connectivity index (χ2n) is 7.04. The highest BCUT2D eigenvalue weighted by Gasteiger charge is 2.33. The molecule has 1 aliphatic heterocycles. The Labute approximate surface area is 165 Å². The van der Waals surface area contributed by atoms with Crippen molar-refractivity contribution in [2.45, 2.75) is 26.8 Å². The fourth-order valence-corrected chi connectivity index (χ4v) is 3.25. The van der Waals surface area contributed by atoms with Crippen LogP contribution in [0.15, 0.2) is 48.5 Å². The topological polar surface area (TPSA) is 69.7 Å². The Hall–Kier alpha value is -3.15. The molecule has 0 atom stereocenters. The Morgan fingerprint density at radius 2 is 1.64 bits per heavy atom. The van der Waals surface area contributed by atoms with Crippen LogP contribution in [0.1, 0.15) is 23.6 Å². The summed E-state index contributed by atoms with van der Waals surface area (Å²) < 4.78 is 0. The van der Waals surface area contributed by atoms with Gasteiger partial charge in [0.15, 0.2) is 0 Å². The summed E-state index contributed by atoms with van der Waals surface area (Å²) in [6.07, 6.45) is 0.928. The zero-order valence-corrected chi connectivity index (χ0v) is 16.3. The number of amides is 3. The van der Waals surface area contributed by atoms with Gasteiger partial charge in [-0.25, -0.2) is 0 Å². The van der Waals surface area contributed by atoms with Crippen LogP contribution in [0, 0.1) is 6.92 Å². The van der Waals surface area contributed by atoms with Gasteiger partial charge in [-0.1, -0.05) is 48.9 Å². The predicted octanol–water partition coefficient (Wildman–Crippen LogP) is 2.37. The van der Waals surface area contributed by atoms with Crippen LogP contribution in [0.4, 0.5) is 5.69 Å². The highest BCUT2D eigenvalue weighted by Crippen LogP contribution is 2.13. The molecule has 6 nitrogen and oxygen atoms in total. The Balaban J connectivity index is 1.55. The van der Waals surface area contributed by atoms with Gasteiger partial charge < -0.3 is 15.1 Å². The third-order valence-electron chi connectivity index (χ3n) is 4.83. The number of rotatable bonds is 6. The van der Waals surface area contributed by atoms with E-state index in [1.54, 1.807) is 0 Å². The van der Waals surface area contributed by atoms with Gasteiger partial charge >= 0.3 is 11.8 Å². The van der Waals surface area contributed by atoms with E-state index in [0.29, 0.717) is 25.3 Å². The number of carbonyl (C=O) groups excluding carboxylic acids is 3. The number of piperazine rings is 1. The molecule has 3 amide bonds. The second-order valence-corrected chi connectivity index (χ2v) is 7.04. The maximum atomic E-state index is 12.4. The van der Waals surface area contributed by atoms with E-state index < -0.39 is 11.8 Å². The van der Waals surface area contributed by atoms with E-state index in [-0.39, 0.29) is 12.5 Å². The lowest BCUT2D eigenvalue weighted by molar-refractivity contribution is -0.157. The van der Waals surface area contributed by atoms with Crippen molar-refractivity contribution in [1.82, 2.24) is 9.80 Å². The number of hydrogen-bond donors (Lipinski definition) is 1. The highest BCUT2D eigenvalue weighted by atomic mass is 16.2. The van der Waals surface area contributed by atoms with E-state index in [1.807, 2.05) is 55.5 Å². The SMILES string of the molecule is CCc1ccc(NC(=O)CN2CCN(Cc3cccc(C)c3)C(=O)C2=O)cc1. The summed E-state index contributed by atoms with van der Waals surface area (Å²) in [7, 11) is 0. The molecule has 0 saturated carbocycles. The number of nitrogens with zero attached hydrogens (tertiary/aromatic N) is 2. The first kappa shape index (κ1) is 19.6. The summed E-state index contributed by atoms with van der Waals surface area (Å²) in [5.74, 6) is -1.50. The molecule has 6 heteroatoms. The molecule has 0 radical (unpaired) electrons. The maximum absolute atomic E-state index is 12.4. The average Bonchev–Trinajstić information content (AvgIpc) is 2.68. The van der Waals surface area contributed by atoms with Crippen molar-refractivity contribution in [2.75, 3.05) is 25.0 Å². The van der Waals surface area contributed by atoms with Crippen molar-refractivity contribution in [1.29, 1.82) is 0 Å². The Bertz CT molecular complexity index is 877. The molecule has 0 bridgehead atoms. The zero-order valence-electron chi connectivity index (χ0n) is 16.3. The summed E-state index contributed by atoms with van der Waals surface area (Å²) in [5.41, 5.74) is 3.96. The van der Waals surface area contributed by atoms with Crippen LogP contribution >= 0.6 is 0 Å². The number of benzene rings is 2. The van der Waals surface area contributed by atoms with Gasteiger partial charge in [-0.05, 0) is 36.6 Å². The van der Waals surface area contributed by atoms with E-state index >= 15 is 0 Å². The van der Waals surface area contributed by atoms with E-state index in [0.717, 1.165) is 17.5 Å². The van der Waals surface area contributed by atoms with Gasteiger partial charge in [-0.2, -0.15) is 0 Å². The van der Waals surface area contributed by atoms with Crippen LogP contribution in [0.3, 0.4) is 0 Å². The first-order chi connectivity index (χ1) is 13.5. The molecule has 0 spiro atoms. The second kappa shape index (κ2) is 8.69. The Morgan fingerprint density at radius 3 is 2.32 bits per heavy atom. The van der Waals surface area contributed by atoms with E-state index in [4.69, 9.17) is 0 Å². The van der Waals surface area contributed by atoms with Gasteiger partial charge in [0.05, 0.1) is 0 Å². The predicted molar refractivity (Wildman–Crippen MR) is 108 cm³/mol. The van der Waals surface area contributed by atoms with Crippen LogP contribution in [0.2, 0.25) is 0 Å². The van der Waals surface area contributed by atoms with Crippen LogP contribution in [-0.4, -0.2) is 47.2 Å². The summed E-state index contributed by atoms with van der Waals surface area (Å²) in [5, 5.41) is 2.78. The first-order valence-corrected chi connectivity index (χ1v) is 9.48. The molecule has 0 aromatic heterocycles. The van der Waals surface area contributed by atoms with Crippen molar-refractivity contribution < 1.29 is 14.4 Å². The molecule has 1 fully saturated rings. The molecular formula is C22H25N3O3. The summed E-state index contributed by atoms with van der Waals surface area (Å²) in [6, 6.07) is 15.4. The van der Waals surface area contributed by atoms with Gasteiger partial charge in [-0.15, -0.1) is 0 Å². The minimum absolute atomic E-state index is 0.127. The van der Waals surface area contributed by atoms with Gasteiger partial charge in [0.25, 0.3) is 0 Å². The third kappa shape index (κ3) is 4.76. The summed E-state index contributed by atoms with van der Waals surface area (Å²) >= 11 is 0. The first-order valence-electron chi connectivity index (χ1n) is 9.48. The normalized spacial score (nSPS) is 14.4. The number of nitrogens with one attached hydrogen (secondary N) is 1. The largest absolute Gasteiger partial charge is 0.328 e. The lowest BCUT2D eigenvalue weighted by Gasteiger charge is -2.33. The standard InChI is InChI=1S/C22H25N3O3/c1-3-17-7-9-19(10-8-17)23-20(26)15-25-12-11-24(21(27)22(25)28)14-18-6-4-5-16(2)13-18/h4-10,13H,3,11-12,14-15H2,1-2H3,(H,23,26). The molecule has 1 saturated heterocycles. The van der Waals surface area contributed by atoms with Gasteiger partial charge in [0.1, 0.15) is 6.54 Å². The third-order valence-corrected chi connectivity index (χ3v) is 4.83. The fraction of sp³-hybridized carbons (Fsp3) is 0.318. The van der Waals surface area contributed by atoms with E-state index in [2.05, 4.69) is 12.2 Å². The quantitative estimate of drug-likeness (QED) is 0.784. The van der Waals surface area contributed by atoms with Gasteiger partial charge in [0, 0.05) is 25.3 Å².